The van der Waals surface area contributed by atoms with Crippen molar-refractivity contribution in [2.45, 2.75) is 37.7 Å². The number of carboxylic acid groups (broad SMARTS) is 1. The molecule has 5 nitrogen and oxygen atoms in total. The van der Waals surface area contributed by atoms with Crippen molar-refractivity contribution in [2.24, 2.45) is 0 Å². The second-order valence-electron chi connectivity index (χ2n) is 4.50. The molecule has 0 aromatic heterocycles. The summed E-state index contributed by atoms with van der Waals surface area (Å²) in [6.45, 7) is 5.99. The monoisotopic (exact) mass is 270 g/mol. The molecule has 0 amide bonds. The summed E-state index contributed by atoms with van der Waals surface area (Å²) in [5.41, 5.74) is 0. The van der Waals surface area contributed by atoms with Gasteiger partial charge in [0.25, 0.3) is 0 Å². The average Bonchev–Trinajstić information content (AvgIpc) is 2.11. The summed E-state index contributed by atoms with van der Waals surface area (Å²) in [5.74, 6) is -1.56. The van der Waals surface area contributed by atoms with E-state index in [-0.39, 0.29) is 11.5 Å². The standard InChI is InChI=1S/C9H18O5S2/c1-7(8(10)11)15(12)5-6-16(13,14)9(2,3)4/h7H,5-6H2,1-4H3,(H,10,11). The molecule has 0 aliphatic rings. The van der Waals surface area contributed by atoms with Crippen LogP contribution in [0, 0.1) is 0 Å². The molecule has 0 fully saturated rings. The molecule has 0 radical (unpaired) electrons. The highest BCUT2D eigenvalue weighted by atomic mass is 32.2. The molecule has 96 valence electrons. The molecule has 0 aliphatic carbocycles. The van der Waals surface area contributed by atoms with Crippen LogP contribution in [0.4, 0.5) is 0 Å². The van der Waals surface area contributed by atoms with E-state index in [4.69, 9.17) is 5.11 Å². The molecule has 2 unspecified atom stereocenters. The van der Waals surface area contributed by atoms with Crippen LogP contribution in [0.15, 0.2) is 0 Å². The van der Waals surface area contributed by atoms with Crippen LogP contribution in [0.1, 0.15) is 27.7 Å². The zero-order valence-electron chi connectivity index (χ0n) is 9.89. The number of hydrogen-bond acceptors (Lipinski definition) is 4. The molecule has 0 aromatic carbocycles. The third-order valence-electron chi connectivity index (χ3n) is 2.23. The lowest BCUT2D eigenvalue weighted by atomic mass is 10.3. The lowest BCUT2D eigenvalue weighted by molar-refractivity contribution is -0.136. The Kier molecular flexibility index (Phi) is 5.13. The lowest BCUT2D eigenvalue weighted by Crippen LogP contribution is -2.34. The first-order valence-electron chi connectivity index (χ1n) is 4.81. The number of carboxylic acids is 1. The molecule has 1 N–H and O–H groups in total. The van der Waals surface area contributed by atoms with E-state index in [0.29, 0.717) is 0 Å². The molecule has 0 aliphatic heterocycles. The van der Waals surface area contributed by atoms with E-state index in [9.17, 15) is 17.4 Å². The molecule has 0 aromatic rings. The summed E-state index contributed by atoms with van der Waals surface area (Å²) in [6, 6.07) is 0. The third kappa shape index (κ3) is 4.21. The first kappa shape index (κ1) is 15.6. The summed E-state index contributed by atoms with van der Waals surface area (Å²) in [7, 11) is -4.99. The highest BCUT2D eigenvalue weighted by Gasteiger charge is 2.30. The zero-order chi connectivity index (χ0) is 13.1. The molecule has 7 heteroatoms. The maximum absolute atomic E-state index is 11.7. The Morgan fingerprint density at radius 2 is 1.81 bits per heavy atom. The Morgan fingerprint density at radius 3 is 2.12 bits per heavy atom. The fourth-order valence-electron chi connectivity index (χ4n) is 0.787. The van der Waals surface area contributed by atoms with E-state index in [1.165, 1.54) is 6.92 Å². The van der Waals surface area contributed by atoms with Crippen LogP contribution in [0.3, 0.4) is 0 Å². The summed E-state index contributed by atoms with van der Waals surface area (Å²) in [5, 5.41) is 7.57. The average molecular weight is 270 g/mol. The Balaban J connectivity index is 4.50. The van der Waals surface area contributed by atoms with E-state index in [1.807, 2.05) is 0 Å². The van der Waals surface area contributed by atoms with Crippen LogP contribution >= 0.6 is 0 Å². The maximum Gasteiger partial charge on any atom is 0.318 e. The Labute approximate surface area is 98.6 Å². The quantitative estimate of drug-likeness (QED) is 0.782. The number of rotatable bonds is 5. The first-order chi connectivity index (χ1) is 6.99. The Bertz CT molecular complexity index is 377. The Hall–Kier alpha value is -0.430. The van der Waals surface area contributed by atoms with Crippen molar-refractivity contribution < 1.29 is 22.5 Å². The van der Waals surface area contributed by atoms with Gasteiger partial charge in [-0.15, -0.1) is 0 Å². The Morgan fingerprint density at radius 1 is 1.38 bits per heavy atom. The van der Waals surface area contributed by atoms with Crippen molar-refractivity contribution in [3.63, 3.8) is 0 Å². The summed E-state index contributed by atoms with van der Waals surface area (Å²) in [4.78, 5) is 10.5. The van der Waals surface area contributed by atoms with Crippen molar-refractivity contribution >= 4 is 26.6 Å². The van der Waals surface area contributed by atoms with Gasteiger partial charge < -0.3 is 5.11 Å². The molecule has 0 saturated carbocycles. The normalized spacial score (nSPS) is 16.8. The summed E-state index contributed by atoms with van der Waals surface area (Å²) in [6.07, 6.45) is 0. The van der Waals surface area contributed by atoms with Crippen molar-refractivity contribution in [3.8, 4) is 0 Å². The van der Waals surface area contributed by atoms with E-state index in [1.54, 1.807) is 20.8 Å². The number of aliphatic carboxylic acids is 1. The van der Waals surface area contributed by atoms with Crippen LogP contribution in [0.2, 0.25) is 0 Å². The van der Waals surface area contributed by atoms with Crippen molar-refractivity contribution in [1.82, 2.24) is 0 Å². The zero-order valence-corrected chi connectivity index (χ0v) is 11.5. The number of hydrogen-bond donors (Lipinski definition) is 1. The molecular weight excluding hydrogens is 252 g/mol. The van der Waals surface area contributed by atoms with Crippen LogP contribution < -0.4 is 0 Å². The minimum atomic E-state index is -3.34. The largest absolute Gasteiger partial charge is 0.480 e. The van der Waals surface area contributed by atoms with E-state index in [0.717, 1.165) is 0 Å². The molecule has 2 atom stereocenters. The van der Waals surface area contributed by atoms with Crippen molar-refractivity contribution in [2.75, 3.05) is 11.5 Å². The van der Waals surface area contributed by atoms with Gasteiger partial charge >= 0.3 is 5.97 Å². The fourth-order valence-corrected chi connectivity index (χ4v) is 3.51. The predicted octanol–water partition coefficient (Wildman–Crippen LogP) is 0.422. The second kappa shape index (κ2) is 5.27. The minimum Gasteiger partial charge on any atom is -0.480 e. The molecular formula is C9H18O5S2. The maximum atomic E-state index is 11.7. The van der Waals surface area contributed by atoms with Gasteiger partial charge in [0.05, 0.1) is 10.5 Å². The van der Waals surface area contributed by atoms with E-state index >= 15 is 0 Å². The number of carbonyl (C=O) groups is 1. The van der Waals surface area contributed by atoms with Crippen molar-refractivity contribution in [1.29, 1.82) is 0 Å². The minimum absolute atomic E-state index is 0.132. The van der Waals surface area contributed by atoms with Gasteiger partial charge in [-0.3, -0.25) is 9.00 Å². The van der Waals surface area contributed by atoms with Crippen molar-refractivity contribution in [3.05, 3.63) is 0 Å². The first-order valence-corrected chi connectivity index (χ1v) is 7.85. The summed E-state index contributed by atoms with van der Waals surface area (Å²) >= 11 is 0. The van der Waals surface area contributed by atoms with Gasteiger partial charge in [-0.1, -0.05) is 0 Å². The molecule has 0 bridgehead atoms. The smallest absolute Gasteiger partial charge is 0.318 e. The van der Waals surface area contributed by atoms with E-state index in [2.05, 4.69) is 0 Å². The second-order valence-corrected chi connectivity index (χ2v) is 9.24. The summed E-state index contributed by atoms with van der Waals surface area (Å²) < 4.78 is 33.9. The fraction of sp³-hybridized carbons (Fsp3) is 0.889. The van der Waals surface area contributed by atoms with Gasteiger partial charge in [-0.2, -0.15) is 0 Å². The molecule has 16 heavy (non-hydrogen) atoms. The van der Waals surface area contributed by atoms with Gasteiger partial charge in [0.2, 0.25) is 0 Å². The lowest BCUT2D eigenvalue weighted by Gasteiger charge is -2.19. The highest BCUT2D eigenvalue weighted by Crippen LogP contribution is 2.16. The van der Waals surface area contributed by atoms with Gasteiger partial charge in [0, 0.05) is 16.6 Å². The molecule has 0 heterocycles. The molecule has 0 spiro atoms. The van der Waals surface area contributed by atoms with Gasteiger partial charge in [0.1, 0.15) is 5.25 Å². The SMILES string of the molecule is CC(C(=O)O)S(=O)CCS(=O)(=O)C(C)(C)C. The topological polar surface area (TPSA) is 88.5 Å². The van der Waals surface area contributed by atoms with Crippen LogP contribution in [-0.4, -0.2) is 45.2 Å². The molecule has 0 saturated heterocycles. The van der Waals surface area contributed by atoms with Crippen LogP contribution in [0.25, 0.3) is 0 Å². The highest BCUT2D eigenvalue weighted by molar-refractivity contribution is 7.94. The predicted molar refractivity (Wildman–Crippen MR) is 63.6 cm³/mol. The van der Waals surface area contributed by atoms with Crippen LogP contribution in [-0.2, 0) is 25.4 Å². The van der Waals surface area contributed by atoms with E-state index < -0.39 is 36.6 Å². The van der Waals surface area contributed by atoms with Crippen LogP contribution in [0.5, 0.6) is 0 Å². The molecule has 0 rings (SSSR count). The van der Waals surface area contributed by atoms with Gasteiger partial charge in [-0.05, 0) is 27.7 Å². The number of sulfone groups is 1. The van der Waals surface area contributed by atoms with Gasteiger partial charge in [-0.25, -0.2) is 8.42 Å². The third-order valence-corrected chi connectivity index (χ3v) is 6.69. The van der Waals surface area contributed by atoms with Gasteiger partial charge in [0.15, 0.2) is 9.84 Å².